The van der Waals surface area contributed by atoms with Gasteiger partial charge in [-0.2, -0.15) is 15.0 Å². The first-order valence-corrected chi connectivity index (χ1v) is 6.89. The van der Waals surface area contributed by atoms with Gasteiger partial charge in [-0.25, -0.2) is 5.84 Å². The van der Waals surface area contributed by atoms with E-state index in [1.165, 1.54) is 0 Å². The van der Waals surface area contributed by atoms with Crippen LogP contribution in [0.15, 0.2) is 18.2 Å². The van der Waals surface area contributed by atoms with Gasteiger partial charge in [-0.3, -0.25) is 5.43 Å². The van der Waals surface area contributed by atoms with E-state index in [1.807, 2.05) is 26.0 Å². The Morgan fingerprint density at radius 2 is 2.00 bits per heavy atom. The number of benzene rings is 1. The molecule has 0 amide bonds. The molecule has 0 aliphatic carbocycles. The van der Waals surface area contributed by atoms with Crippen LogP contribution < -0.4 is 21.3 Å². The Labute approximate surface area is 127 Å². The topological polar surface area (TPSA) is 98.0 Å². The Kier molecular flexibility index (Phi) is 5.13. The van der Waals surface area contributed by atoms with Crippen molar-refractivity contribution >= 4 is 29.2 Å². The maximum atomic E-state index is 5.99. The van der Waals surface area contributed by atoms with Gasteiger partial charge in [0.05, 0.1) is 6.61 Å². The zero-order valence-electron chi connectivity index (χ0n) is 11.9. The molecule has 4 N–H and O–H groups in total. The molecule has 1 aromatic heterocycles. The molecule has 2 rings (SSSR count). The number of hydrogen-bond donors (Lipinski definition) is 3. The predicted octanol–water partition coefficient (Wildman–Crippen LogP) is 2.65. The van der Waals surface area contributed by atoms with Crippen LogP contribution in [-0.4, -0.2) is 21.6 Å². The highest BCUT2D eigenvalue weighted by atomic mass is 35.5. The molecule has 0 bridgehead atoms. The summed E-state index contributed by atoms with van der Waals surface area (Å²) < 4.78 is 5.41. The third kappa shape index (κ3) is 4.17. The molecule has 0 fully saturated rings. The standard InChI is InChI=1S/C13H17ClN6O/c1-3-6-21-13-18-11(17-12(19-13)20-15)16-10-7-9(14)5-4-8(10)2/h4-5,7H,3,6,15H2,1-2H3,(H2,16,17,18,19,20). The van der Waals surface area contributed by atoms with Crippen molar-refractivity contribution in [2.75, 3.05) is 17.3 Å². The van der Waals surface area contributed by atoms with Crippen molar-refractivity contribution in [3.63, 3.8) is 0 Å². The summed E-state index contributed by atoms with van der Waals surface area (Å²) in [5.74, 6) is 5.91. The summed E-state index contributed by atoms with van der Waals surface area (Å²) in [6, 6.07) is 5.73. The van der Waals surface area contributed by atoms with Gasteiger partial charge in [-0.1, -0.05) is 24.6 Å². The van der Waals surface area contributed by atoms with Crippen molar-refractivity contribution in [1.82, 2.24) is 15.0 Å². The van der Waals surface area contributed by atoms with E-state index in [1.54, 1.807) is 6.07 Å². The maximum absolute atomic E-state index is 5.99. The van der Waals surface area contributed by atoms with E-state index in [2.05, 4.69) is 25.7 Å². The Hall–Kier alpha value is -2.12. The Balaban J connectivity index is 2.27. The minimum absolute atomic E-state index is 0.210. The van der Waals surface area contributed by atoms with Gasteiger partial charge in [0.15, 0.2) is 0 Å². The maximum Gasteiger partial charge on any atom is 0.323 e. The molecule has 7 nitrogen and oxygen atoms in total. The molecule has 0 spiro atoms. The Morgan fingerprint density at radius 1 is 1.24 bits per heavy atom. The quantitative estimate of drug-likeness (QED) is 0.557. The molecular formula is C13H17ClN6O. The molecule has 8 heteroatoms. The molecule has 2 aromatic rings. The second kappa shape index (κ2) is 7.05. The summed E-state index contributed by atoms with van der Waals surface area (Å²) in [7, 11) is 0. The molecule has 0 aliphatic rings. The third-order valence-corrected chi connectivity index (χ3v) is 2.86. The van der Waals surface area contributed by atoms with Crippen molar-refractivity contribution < 1.29 is 4.74 Å². The van der Waals surface area contributed by atoms with E-state index < -0.39 is 0 Å². The van der Waals surface area contributed by atoms with Gasteiger partial charge in [0.1, 0.15) is 0 Å². The number of anilines is 3. The number of rotatable bonds is 6. The van der Waals surface area contributed by atoms with Crippen LogP contribution in [0, 0.1) is 6.92 Å². The average molecular weight is 309 g/mol. The molecule has 1 heterocycles. The fourth-order valence-electron chi connectivity index (χ4n) is 1.58. The van der Waals surface area contributed by atoms with Crippen molar-refractivity contribution in [1.29, 1.82) is 0 Å². The number of nitrogens with two attached hydrogens (primary N) is 1. The lowest BCUT2D eigenvalue weighted by molar-refractivity contribution is 0.292. The molecule has 0 unspecified atom stereocenters. The predicted molar refractivity (Wildman–Crippen MR) is 82.9 cm³/mol. The lowest BCUT2D eigenvalue weighted by Gasteiger charge is -2.11. The second-order valence-electron chi connectivity index (χ2n) is 4.34. The number of aromatic nitrogens is 3. The number of nitrogens with one attached hydrogen (secondary N) is 2. The van der Waals surface area contributed by atoms with Gasteiger partial charge in [0.25, 0.3) is 0 Å². The molecule has 0 aliphatic heterocycles. The molecule has 0 saturated carbocycles. The summed E-state index contributed by atoms with van der Waals surface area (Å²) in [6.45, 7) is 4.47. The van der Waals surface area contributed by atoms with Gasteiger partial charge < -0.3 is 10.1 Å². The molecular weight excluding hydrogens is 292 g/mol. The van der Waals surface area contributed by atoms with Gasteiger partial charge in [0.2, 0.25) is 11.9 Å². The van der Waals surface area contributed by atoms with E-state index in [-0.39, 0.29) is 12.0 Å². The van der Waals surface area contributed by atoms with Crippen LogP contribution in [0.1, 0.15) is 18.9 Å². The van der Waals surface area contributed by atoms with E-state index in [0.29, 0.717) is 17.6 Å². The number of ether oxygens (including phenoxy) is 1. The van der Waals surface area contributed by atoms with E-state index in [0.717, 1.165) is 17.7 Å². The summed E-state index contributed by atoms with van der Waals surface area (Å²) in [5, 5.41) is 3.70. The van der Waals surface area contributed by atoms with Crippen LogP contribution >= 0.6 is 11.6 Å². The number of hydrazine groups is 1. The van der Waals surface area contributed by atoms with Crippen molar-refractivity contribution in [3.05, 3.63) is 28.8 Å². The molecule has 0 radical (unpaired) electrons. The SMILES string of the molecule is CCCOc1nc(NN)nc(Nc2cc(Cl)ccc2C)n1. The average Bonchev–Trinajstić information content (AvgIpc) is 2.48. The highest BCUT2D eigenvalue weighted by molar-refractivity contribution is 6.30. The first kappa shape index (κ1) is 15.3. The number of nitrogens with zero attached hydrogens (tertiary/aromatic N) is 3. The van der Waals surface area contributed by atoms with Crippen molar-refractivity contribution in [3.8, 4) is 6.01 Å². The fourth-order valence-corrected chi connectivity index (χ4v) is 1.76. The summed E-state index contributed by atoms with van der Waals surface area (Å²) in [4.78, 5) is 12.3. The van der Waals surface area contributed by atoms with Gasteiger partial charge in [-0.15, -0.1) is 0 Å². The van der Waals surface area contributed by atoms with Crippen LogP contribution in [0.3, 0.4) is 0 Å². The zero-order chi connectivity index (χ0) is 15.2. The smallest absolute Gasteiger partial charge is 0.323 e. The lowest BCUT2D eigenvalue weighted by atomic mass is 10.2. The van der Waals surface area contributed by atoms with E-state index in [4.69, 9.17) is 22.2 Å². The molecule has 21 heavy (non-hydrogen) atoms. The zero-order valence-corrected chi connectivity index (χ0v) is 12.6. The minimum atomic E-state index is 0.210. The number of nitrogen functional groups attached to an aromatic ring is 1. The number of aryl methyl sites for hydroxylation is 1. The Morgan fingerprint density at radius 3 is 2.71 bits per heavy atom. The van der Waals surface area contributed by atoms with Crippen LogP contribution in [0.2, 0.25) is 5.02 Å². The highest BCUT2D eigenvalue weighted by Gasteiger charge is 2.08. The van der Waals surface area contributed by atoms with Crippen LogP contribution in [-0.2, 0) is 0 Å². The van der Waals surface area contributed by atoms with Crippen LogP contribution in [0.25, 0.3) is 0 Å². The first-order valence-electron chi connectivity index (χ1n) is 6.51. The fraction of sp³-hybridized carbons (Fsp3) is 0.308. The monoisotopic (exact) mass is 308 g/mol. The molecule has 1 aromatic carbocycles. The third-order valence-electron chi connectivity index (χ3n) is 2.63. The Bertz CT molecular complexity index is 622. The van der Waals surface area contributed by atoms with Gasteiger partial charge >= 0.3 is 6.01 Å². The molecule has 0 saturated heterocycles. The van der Waals surface area contributed by atoms with Crippen molar-refractivity contribution in [2.45, 2.75) is 20.3 Å². The van der Waals surface area contributed by atoms with Gasteiger partial charge in [-0.05, 0) is 31.0 Å². The van der Waals surface area contributed by atoms with Crippen molar-refractivity contribution in [2.24, 2.45) is 5.84 Å². The van der Waals surface area contributed by atoms with Gasteiger partial charge in [0, 0.05) is 10.7 Å². The summed E-state index contributed by atoms with van der Waals surface area (Å²) >= 11 is 5.99. The van der Waals surface area contributed by atoms with Crippen LogP contribution in [0.5, 0.6) is 6.01 Å². The normalized spacial score (nSPS) is 10.3. The summed E-state index contributed by atoms with van der Waals surface area (Å²) in [5.41, 5.74) is 4.20. The number of hydrogen-bond acceptors (Lipinski definition) is 7. The highest BCUT2D eigenvalue weighted by Crippen LogP contribution is 2.23. The number of halogens is 1. The van der Waals surface area contributed by atoms with E-state index in [9.17, 15) is 0 Å². The first-order chi connectivity index (χ1) is 10.1. The molecule has 112 valence electrons. The van der Waals surface area contributed by atoms with E-state index >= 15 is 0 Å². The van der Waals surface area contributed by atoms with Crippen LogP contribution in [0.4, 0.5) is 17.6 Å². The minimum Gasteiger partial charge on any atom is -0.463 e. The second-order valence-corrected chi connectivity index (χ2v) is 4.78. The lowest BCUT2D eigenvalue weighted by Crippen LogP contribution is -2.14. The summed E-state index contributed by atoms with van der Waals surface area (Å²) in [6.07, 6.45) is 0.854. The largest absolute Gasteiger partial charge is 0.463 e. The molecule has 0 atom stereocenters.